The van der Waals surface area contributed by atoms with Crippen LogP contribution < -0.4 is 0 Å². The van der Waals surface area contributed by atoms with Crippen molar-refractivity contribution in [3.05, 3.63) is 23.8 Å². The van der Waals surface area contributed by atoms with Crippen molar-refractivity contribution in [3.63, 3.8) is 0 Å². The molecule has 0 bridgehead atoms. The van der Waals surface area contributed by atoms with E-state index in [0.717, 1.165) is 24.8 Å². The predicted octanol–water partition coefficient (Wildman–Crippen LogP) is 2.92. The van der Waals surface area contributed by atoms with Gasteiger partial charge in [0.05, 0.1) is 12.2 Å². The number of aldehydes is 1. The quantitative estimate of drug-likeness (QED) is 0.547. The lowest BCUT2D eigenvalue weighted by Crippen LogP contribution is -2.63. The maximum absolute atomic E-state index is 13.1. The first-order chi connectivity index (χ1) is 14.7. The molecule has 4 fully saturated rings. The second kappa shape index (κ2) is 6.93. The third-order valence-corrected chi connectivity index (χ3v) is 9.29. The van der Waals surface area contributed by atoms with Gasteiger partial charge < -0.3 is 14.6 Å². The van der Waals surface area contributed by atoms with E-state index in [0.29, 0.717) is 25.5 Å². The molecule has 0 aromatic heterocycles. The molecule has 5 aliphatic rings. The van der Waals surface area contributed by atoms with Crippen LogP contribution in [0.5, 0.6) is 0 Å². The van der Waals surface area contributed by atoms with Crippen LogP contribution in [0, 0.1) is 28.6 Å². The highest BCUT2D eigenvalue weighted by atomic mass is 16.7. The molecule has 0 amide bonds. The summed E-state index contributed by atoms with van der Waals surface area (Å²) in [7, 11) is 0. The number of Topliss-reactive ketones (excluding diaryl/α,β-unsaturated/α-hetero) is 1. The van der Waals surface area contributed by atoms with Gasteiger partial charge in [-0.2, -0.15) is 0 Å². The number of carbonyl (C=O) groups is 3. The fourth-order valence-electron chi connectivity index (χ4n) is 8.03. The van der Waals surface area contributed by atoms with Crippen molar-refractivity contribution in [2.45, 2.75) is 83.4 Å². The van der Waals surface area contributed by atoms with E-state index >= 15 is 0 Å². The minimum absolute atomic E-state index is 0.00996. The van der Waals surface area contributed by atoms with E-state index in [1.54, 1.807) is 12.2 Å². The van der Waals surface area contributed by atoms with Gasteiger partial charge in [-0.25, -0.2) is 0 Å². The van der Waals surface area contributed by atoms with Gasteiger partial charge in [0.2, 0.25) is 5.78 Å². The van der Waals surface area contributed by atoms with Crippen molar-refractivity contribution in [1.82, 2.24) is 0 Å². The van der Waals surface area contributed by atoms with Crippen molar-refractivity contribution < 1.29 is 29.0 Å². The Morgan fingerprint density at radius 1 is 1.35 bits per heavy atom. The molecule has 0 aromatic rings. The molecule has 1 aliphatic heterocycles. The summed E-state index contributed by atoms with van der Waals surface area (Å²) in [6.07, 6.45) is 8.30. The van der Waals surface area contributed by atoms with E-state index in [2.05, 4.69) is 6.92 Å². The fraction of sp³-hybridized carbons (Fsp3) is 0.720. The van der Waals surface area contributed by atoms with Crippen LogP contribution in [0.1, 0.15) is 59.3 Å². The number of hydrogen-bond acceptors (Lipinski definition) is 6. The summed E-state index contributed by atoms with van der Waals surface area (Å²) in [6.45, 7) is 6.17. The van der Waals surface area contributed by atoms with Gasteiger partial charge in [0.15, 0.2) is 24.0 Å². The van der Waals surface area contributed by atoms with E-state index in [1.165, 1.54) is 0 Å². The van der Waals surface area contributed by atoms with Crippen LogP contribution in [0.3, 0.4) is 0 Å². The zero-order chi connectivity index (χ0) is 22.2. The number of hydrogen-bond donors (Lipinski definition) is 1. The second-order valence-corrected chi connectivity index (χ2v) is 10.6. The number of rotatable bonds is 4. The Hall–Kier alpha value is -1.63. The monoisotopic (exact) mass is 428 g/mol. The van der Waals surface area contributed by atoms with E-state index in [9.17, 15) is 19.5 Å². The largest absolute Gasteiger partial charge is 0.393 e. The van der Waals surface area contributed by atoms with E-state index in [-0.39, 0.29) is 29.0 Å². The van der Waals surface area contributed by atoms with Crippen molar-refractivity contribution in [3.8, 4) is 0 Å². The van der Waals surface area contributed by atoms with Crippen molar-refractivity contribution in [2.75, 3.05) is 0 Å². The molecule has 6 nitrogen and oxygen atoms in total. The lowest BCUT2D eigenvalue weighted by molar-refractivity contribution is -0.198. The number of aliphatic hydroxyl groups is 1. The molecular formula is C25H32O6. The lowest BCUT2D eigenvalue weighted by Gasteiger charge is -2.59. The molecule has 1 saturated heterocycles. The molecule has 31 heavy (non-hydrogen) atoms. The number of aliphatic hydroxyl groups excluding tert-OH is 1. The van der Waals surface area contributed by atoms with Crippen LogP contribution in [0.15, 0.2) is 23.8 Å². The van der Waals surface area contributed by atoms with Crippen LogP contribution >= 0.6 is 0 Å². The summed E-state index contributed by atoms with van der Waals surface area (Å²) in [5.41, 5.74) is -1.27. The zero-order valence-corrected chi connectivity index (χ0v) is 18.5. The first-order valence-corrected chi connectivity index (χ1v) is 11.7. The van der Waals surface area contributed by atoms with Gasteiger partial charge >= 0.3 is 0 Å². The van der Waals surface area contributed by atoms with Gasteiger partial charge in [-0.05, 0) is 56.1 Å². The van der Waals surface area contributed by atoms with E-state index < -0.39 is 35.3 Å². The van der Waals surface area contributed by atoms with E-state index in [4.69, 9.17) is 9.47 Å². The maximum atomic E-state index is 13.1. The minimum atomic E-state index is -1.32. The Morgan fingerprint density at radius 3 is 2.84 bits per heavy atom. The zero-order valence-electron chi connectivity index (χ0n) is 18.5. The highest BCUT2D eigenvalue weighted by Crippen LogP contribution is 2.69. The highest BCUT2D eigenvalue weighted by molar-refractivity contribution is 6.29. The van der Waals surface area contributed by atoms with Gasteiger partial charge in [-0.15, -0.1) is 0 Å². The number of ether oxygens (including phenoxy) is 2. The van der Waals surface area contributed by atoms with Crippen molar-refractivity contribution in [2.24, 2.45) is 28.6 Å². The molecule has 168 valence electrons. The summed E-state index contributed by atoms with van der Waals surface area (Å²) in [6, 6.07) is 0. The van der Waals surface area contributed by atoms with Crippen LogP contribution in [0.2, 0.25) is 0 Å². The Morgan fingerprint density at radius 2 is 2.13 bits per heavy atom. The van der Waals surface area contributed by atoms with Gasteiger partial charge in [-0.3, -0.25) is 14.4 Å². The van der Waals surface area contributed by atoms with Crippen LogP contribution in [-0.4, -0.2) is 47.1 Å². The first kappa shape index (κ1) is 21.2. The van der Waals surface area contributed by atoms with Gasteiger partial charge in [0.1, 0.15) is 0 Å². The molecule has 5 rings (SSSR count). The first-order valence-electron chi connectivity index (χ1n) is 11.7. The third-order valence-electron chi connectivity index (χ3n) is 9.29. The Labute approximate surface area is 183 Å². The summed E-state index contributed by atoms with van der Waals surface area (Å²) in [4.78, 5) is 36.8. The minimum Gasteiger partial charge on any atom is -0.393 e. The summed E-state index contributed by atoms with van der Waals surface area (Å²) >= 11 is 0. The molecule has 2 unspecified atom stereocenters. The topological polar surface area (TPSA) is 89.9 Å². The molecular weight excluding hydrogens is 396 g/mol. The highest BCUT2D eigenvalue weighted by Gasteiger charge is 2.75. The molecule has 0 aromatic carbocycles. The molecule has 3 saturated carbocycles. The third kappa shape index (κ3) is 2.58. The molecule has 9 atom stereocenters. The SMILES string of the molecule is CCCC1O[C@@H]2CC3[C@@H]4CCC5=CC(=O)C=C[C@]5(C)[C@H]4[C@@H](O)C[C@]3(C)[C@]2(C(=O)C=O)O1. The summed E-state index contributed by atoms with van der Waals surface area (Å²) < 4.78 is 12.5. The normalized spacial score (nSPS) is 50.2. The number of fused-ring (bicyclic) bond motifs is 7. The fourth-order valence-corrected chi connectivity index (χ4v) is 8.03. The maximum Gasteiger partial charge on any atom is 0.230 e. The standard InChI is InChI=1S/C25H32O6/c1-4-5-21-30-20-11-17-16-7-6-14-10-15(27)8-9-23(14,2)22(16)18(28)12-24(17,3)25(20,31-21)19(29)13-26/h8-10,13,16-18,20-22,28H,4-7,11-12H2,1-3H3/t16-,17?,18-,20+,21?,22+,23-,24-,25+/m0/s1. The predicted molar refractivity (Wildman–Crippen MR) is 112 cm³/mol. The Kier molecular flexibility index (Phi) is 4.75. The summed E-state index contributed by atoms with van der Waals surface area (Å²) in [5, 5.41) is 11.5. The molecule has 1 N–H and O–H groups in total. The Balaban J connectivity index is 1.56. The van der Waals surface area contributed by atoms with Gasteiger partial charge in [-0.1, -0.05) is 38.8 Å². The Bertz CT molecular complexity index is 890. The number of allylic oxidation sites excluding steroid dienone is 4. The van der Waals surface area contributed by atoms with Crippen LogP contribution in [0.4, 0.5) is 0 Å². The summed E-state index contributed by atoms with van der Waals surface area (Å²) in [5.74, 6) is -0.328. The van der Waals surface area contributed by atoms with Gasteiger partial charge in [0, 0.05) is 16.7 Å². The average molecular weight is 429 g/mol. The molecule has 6 heteroatoms. The number of ketones is 2. The van der Waals surface area contributed by atoms with Crippen molar-refractivity contribution >= 4 is 17.9 Å². The van der Waals surface area contributed by atoms with Crippen LogP contribution in [-0.2, 0) is 23.9 Å². The smallest absolute Gasteiger partial charge is 0.230 e. The van der Waals surface area contributed by atoms with E-state index in [1.807, 2.05) is 19.9 Å². The van der Waals surface area contributed by atoms with Crippen molar-refractivity contribution in [1.29, 1.82) is 0 Å². The molecule has 0 spiro atoms. The molecule has 1 heterocycles. The average Bonchev–Trinajstić information content (AvgIpc) is 3.20. The van der Waals surface area contributed by atoms with Gasteiger partial charge in [0.25, 0.3) is 0 Å². The van der Waals surface area contributed by atoms with Crippen LogP contribution in [0.25, 0.3) is 0 Å². The lowest BCUT2D eigenvalue weighted by atomic mass is 9.46. The second-order valence-electron chi connectivity index (χ2n) is 10.6. The molecule has 0 radical (unpaired) electrons. The number of carbonyl (C=O) groups excluding carboxylic acids is 3. The molecule has 4 aliphatic carbocycles.